The van der Waals surface area contributed by atoms with Crippen LogP contribution in [0.1, 0.15) is 0 Å². The highest BCUT2D eigenvalue weighted by Gasteiger charge is 2.31. The largest absolute Gasteiger partial charge is 0.465 e. The summed E-state index contributed by atoms with van der Waals surface area (Å²) in [4.78, 5) is 0. The topological polar surface area (TPSA) is 27.7 Å². The van der Waals surface area contributed by atoms with E-state index in [2.05, 4.69) is 0 Å². The molecule has 0 heterocycles. The van der Waals surface area contributed by atoms with Crippen molar-refractivity contribution in [1.29, 1.82) is 0 Å². The lowest BCUT2D eigenvalue weighted by Crippen LogP contribution is -2.44. The third-order valence-corrected chi connectivity index (χ3v) is 7.76. The minimum absolute atomic E-state index is 0.449. The van der Waals surface area contributed by atoms with Crippen LogP contribution in [0.4, 0.5) is 0 Å². The summed E-state index contributed by atoms with van der Waals surface area (Å²) in [6.45, 7) is 7.89. The fourth-order valence-corrected chi connectivity index (χ4v) is 6.69. The van der Waals surface area contributed by atoms with Crippen LogP contribution >= 0.6 is 0 Å². The average molecular weight is 220 g/mol. The summed E-state index contributed by atoms with van der Waals surface area (Å²) in [5.74, 6) is 0. The third kappa shape index (κ3) is 5.06. The van der Waals surface area contributed by atoms with Crippen molar-refractivity contribution in [2.45, 2.75) is 26.2 Å². The maximum atomic E-state index is 5.45. The molecule has 0 aromatic rings. The molecule has 62 valence electrons. The quantitative estimate of drug-likeness (QED) is 0.614. The van der Waals surface area contributed by atoms with Crippen molar-refractivity contribution in [2.75, 3.05) is 0 Å². The first-order chi connectivity index (χ1) is 5.18. The van der Waals surface area contributed by atoms with Crippen molar-refractivity contribution in [2.24, 2.45) is 0 Å². The van der Waals surface area contributed by atoms with Gasteiger partial charge in [0, 0.05) is 6.55 Å². The van der Waals surface area contributed by atoms with Gasteiger partial charge in [-0.15, -0.1) is 0 Å². The van der Waals surface area contributed by atoms with Gasteiger partial charge in [0.15, 0.2) is 0 Å². The monoisotopic (exact) mass is 220 g/mol. The Morgan fingerprint density at radius 2 is 1.09 bits per heavy atom. The van der Waals surface area contributed by atoms with E-state index in [9.17, 15) is 0 Å². The van der Waals surface area contributed by atoms with Gasteiger partial charge < -0.3 is 12.3 Å². The fourth-order valence-electron chi connectivity index (χ4n) is 0.619. The smallest absolute Gasteiger partial charge is 0.416 e. The first-order valence-electron chi connectivity index (χ1n) is 3.22. The standard InChI is InChI=1S/C4H12O3Si4/c1-8-5-11(4,6-9-2)7-10-3/h1-4H3. The van der Waals surface area contributed by atoms with Crippen LogP contribution in [0, 0.1) is 0 Å². The molecule has 0 saturated heterocycles. The lowest BCUT2D eigenvalue weighted by Gasteiger charge is -2.24. The van der Waals surface area contributed by atoms with Crippen LogP contribution in [0.15, 0.2) is 0 Å². The Bertz CT molecular complexity index is 84.3. The van der Waals surface area contributed by atoms with E-state index in [1.807, 2.05) is 26.2 Å². The highest BCUT2D eigenvalue weighted by Crippen LogP contribution is 2.06. The minimum Gasteiger partial charge on any atom is -0.416 e. The second-order valence-electron chi connectivity index (χ2n) is 1.78. The summed E-state index contributed by atoms with van der Waals surface area (Å²) in [5, 5.41) is 0. The molecule has 0 saturated carbocycles. The summed E-state index contributed by atoms with van der Waals surface area (Å²) in [6, 6.07) is 0. The van der Waals surface area contributed by atoms with Gasteiger partial charge in [-0.05, 0) is 19.6 Å². The van der Waals surface area contributed by atoms with Gasteiger partial charge in [0.1, 0.15) is 0 Å². The molecule has 0 amide bonds. The molecule has 0 unspecified atom stereocenters. The SMILES string of the molecule is C[Si]O[Si](C)(O[Si]C)O[Si]C. The number of hydrogen-bond donors (Lipinski definition) is 0. The molecule has 0 atom stereocenters. The zero-order chi connectivity index (χ0) is 8.74. The minimum atomic E-state index is -2.21. The Morgan fingerprint density at radius 1 is 0.818 bits per heavy atom. The van der Waals surface area contributed by atoms with E-state index in [4.69, 9.17) is 12.3 Å². The van der Waals surface area contributed by atoms with E-state index in [0.29, 0.717) is 29.3 Å². The lowest BCUT2D eigenvalue weighted by atomic mass is 11.9. The van der Waals surface area contributed by atoms with Crippen LogP contribution in [0.3, 0.4) is 0 Å². The van der Waals surface area contributed by atoms with Gasteiger partial charge in [0.05, 0.1) is 0 Å². The highest BCUT2D eigenvalue weighted by atomic mass is 28.5. The lowest BCUT2D eigenvalue weighted by molar-refractivity contribution is 0.294. The van der Waals surface area contributed by atoms with Gasteiger partial charge in [-0.2, -0.15) is 0 Å². The van der Waals surface area contributed by atoms with Crippen LogP contribution in [0.25, 0.3) is 0 Å². The maximum absolute atomic E-state index is 5.45. The molecule has 0 N–H and O–H groups in total. The predicted molar refractivity (Wildman–Crippen MR) is 49.7 cm³/mol. The molecule has 0 rings (SSSR count). The van der Waals surface area contributed by atoms with Crippen LogP contribution in [0.5, 0.6) is 0 Å². The summed E-state index contributed by atoms with van der Waals surface area (Å²) < 4.78 is 16.3. The molecule has 6 radical (unpaired) electrons. The zero-order valence-corrected chi connectivity index (χ0v) is 11.2. The number of rotatable bonds is 6. The summed E-state index contributed by atoms with van der Waals surface area (Å²) in [6.07, 6.45) is 0. The van der Waals surface area contributed by atoms with Crippen LogP contribution in [-0.2, 0) is 12.3 Å². The average Bonchev–Trinajstić information content (AvgIpc) is 1.88. The second kappa shape index (κ2) is 6.28. The molecular weight excluding hydrogens is 208 g/mol. The fraction of sp³-hybridized carbons (Fsp3) is 1.00. The molecule has 0 aromatic carbocycles. The van der Waals surface area contributed by atoms with E-state index >= 15 is 0 Å². The normalized spacial score (nSPS) is 12.0. The van der Waals surface area contributed by atoms with Crippen molar-refractivity contribution in [1.82, 2.24) is 0 Å². The van der Waals surface area contributed by atoms with E-state index in [1.54, 1.807) is 0 Å². The maximum Gasteiger partial charge on any atom is 0.465 e. The van der Waals surface area contributed by atoms with Crippen LogP contribution in [0.2, 0.25) is 26.2 Å². The van der Waals surface area contributed by atoms with Gasteiger partial charge in [0.25, 0.3) is 0 Å². The van der Waals surface area contributed by atoms with Gasteiger partial charge in [-0.3, -0.25) is 0 Å². The third-order valence-electron chi connectivity index (χ3n) is 0.862. The van der Waals surface area contributed by atoms with Crippen LogP contribution in [-0.4, -0.2) is 38.1 Å². The van der Waals surface area contributed by atoms with Crippen molar-refractivity contribution in [3.8, 4) is 0 Å². The van der Waals surface area contributed by atoms with E-state index in [0.717, 1.165) is 0 Å². The van der Waals surface area contributed by atoms with Crippen LogP contribution < -0.4 is 0 Å². The number of hydrogen-bond acceptors (Lipinski definition) is 3. The molecular formula is C4H12O3Si4. The molecule has 0 bridgehead atoms. The molecule has 3 nitrogen and oxygen atoms in total. The second-order valence-corrected chi connectivity index (χ2v) is 7.18. The Labute approximate surface area is 77.0 Å². The van der Waals surface area contributed by atoms with Crippen molar-refractivity contribution >= 4 is 38.1 Å². The Kier molecular flexibility index (Phi) is 6.71. The zero-order valence-electron chi connectivity index (χ0n) is 7.22. The summed E-state index contributed by atoms with van der Waals surface area (Å²) in [7, 11) is -0.864. The van der Waals surface area contributed by atoms with Gasteiger partial charge in [-0.1, -0.05) is 0 Å². The highest BCUT2D eigenvalue weighted by molar-refractivity contribution is 6.72. The molecule has 0 aliphatic heterocycles. The summed E-state index contributed by atoms with van der Waals surface area (Å²) in [5.41, 5.74) is 0. The van der Waals surface area contributed by atoms with E-state index in [-0.39, 0.29) is 0 Å². The Morgan fingerprint density at radius 3 is 1.27 bits per heavy atom. The van der Waals surface area contributed by atoms with Crippen molar-refractivity contribution in [3.63, 3.8) is 0 Å². The molecule has 0 aliphatic rings. The first kappa shape index (κ1) is 11.7. The molecule has 0 fully saturated rings. The summed E-state index contributed by atoms with van der Waals surface area (Å²) >= 11 is 0. The molecule has 0 aliphatic carbocycles. The van der Waals surface area contributed by atoms with Gasteiger partial charge in [-0.25, -0.2) is 0 Å². The van der Waals surface area contributed by atoms with E-state index in [1.165, 1.54) is 0 Å². The van der Waals surface area contributed by atoms with Gasteiger partial charge >= 0.3 is 8.80 Å². The molecule has 11 heavy (non-hydrogen) atoms. The molecule has 0 spiro atoms. The molecule has 0 aromatic heterocycles. The van der Waals surface area contributed by atoms with Crippen molar-refractivity contribution in [3.05, 3.63) is 0 Å². The first-order valence-corrected chi connectivity index (χ1v) is 9.67. The van der Waals surface area contributed by atoms with Gasteiger partial charge in [0.2, 0.25) is 29.3 Å². The Balaban J connectivity index is 3.79. The molecule has 7 heteroatoms. The predicted octanol–water partition coefficient (Wildman–Crippen LogP) is 0.607. The van der Waals surface area contributed by atoms with Crippen molar-refractivity contribution < 1.29 is 12.3 Å². The van der Waals surface area contributed by atoms with E-state index < -0.39 is 8.80 Å². The Hall–Kier alpha value is 0.748.